The molecule has 0 aliphatic carbocycles. The summed E-state index contributed by atoms with van der Waals surface area (Å²) in [4.78, 5) is 26.7. The van der Waals surface area contributed by atoms with E-state index in [1.165, 1.54) is 12.1 Å². The zero-order valence-electron chi connectivity index (χ0n) is 12.6. The first kappa shape index (κ1) is 15.9. The molecule has 0 radical (unpaired) electrons. The summed E-state index contributed by atoms with van der Waals surface area (Å²) >= 11 is 5.72. The SMILES string of the molecule is Cc1cccn2cc(COC(=O)c3ccc(Cl)c([N+](=O)[O-])c3)nc12. The molecular weight excluding hydrogens is 334 g/mol. The number of halogens is 1. The Hall–Kier alpha value is -2.93. The molecule has 0 bridgehead atoms. The van der Waals surface area contributed by atoms with Gasteiger partial charge in [-0.25, -0.2) is 9.78 Å². The van der Waals surface area contributed by atoms with Crippen LogP contribution in [0.1, 0.15) is 21.6 Å². The maximum Gasteiger partial charge on any atom is 0.338 e. The van der Waals surface area contributed by atoms with E-state index in [4.69, 9.17) is 16.3 Å². The topological polar surface area (TPSA) is 86.7 Å². The van der Waals surface area contributed by atoms with Crippen molar-refractivity contribution < 1.29 is 14.5 Å². The molecule has 3 aromatic rings. The monoisotopic (exact) mass is 345 g/mol. The van der Waals surface area contributed by atoms with Gasteiger partial charge in [-0.2, -0.15) is 0 Å². The predicted molar refractivity (Wildman–Crippen MR) is 87.2 cm³/mol. The van der Waals surface area contributed by atoms with Crippen LogP contribution in [0.5, 0.6) is 0 Å². The predicted octanol–water partition coefficient (Wildman–Crippen LogP) is 3.56. The number of hydrogen-bond donors (Lipinski definition) is 0. The number of aryl methyl sites for hydroxylation is 1. The fourth-order valence-corrected chi connectivity index (χ4v) is 2.46. The number of nitro groups is 1. The van der Waals surface area contributed by atoms with Gasteiger partial charge in [0, 0.05) is 18.5 Å². The number of imidazole rings is 1. The van der Waals surface area contributed by atoms with E-state index >= 15 is 0 Å². The number of nitrogens with zero attached hydrogens (tertiary/aromatic N) is 3. The van der Waals surface area contributed by atoms with E-state index in [0.717, 1.165) is 17.3 Å². The van der Waals surface area contributed by atoms with Crippen LogP contribution in [0.15, 0.2) is 42.7 Å². The molecule has 2 aromatic heterocycles. The Kier molecular flexibility index (Phi) is 4.18. The average Bonchev–Trinajstić information content (AvgIpc) is 2.97. The Bertz CT molecular complexity index is 952. The molecule has 0 aliphatic rings. The molecule has 8 heteroatoms. The van der Waals surface area contributed by atoms with E-state index < -0.39 is 10.9 Å². The number of ether oxygens (including phenoxy) is 1. The molecule has 24 heavy (non-hydrogen) atoms. The highest BCUT2D eigenvalue weighted by atomic mass is 35.5. The number of esters is 1. The largest absolute Gasteiger partial charge is 0.456 e. The third-order valence-corrected chi connectivity index (χ3v) is 3.78. The molecule has 0 N–H and O–H groups in total. The van der Waals surface area contributed by atoms with Crippen LogP contribution in [0.2, 0.25) is 5.02 Å². The number of nitro benzene ring substituents is 1. The number of aromatic nitrogens is 2. The minimum absolute atomic E-state index is 0.0314. The molecule has 0 amide bonds. The van der Waals surface area contributed by atoms with E-state index in [0.29, 0.717) is 5.69 Å². The van der Waals surface area contributed by atoms with Gasteiger partial charge in [-0.1, -0.05) is 17.7 Å². The zero-order chi connectivity index (χ0) is 17.3. The number of carbonyl (C=O) groups is 1. The molecule has 0 unspecified atom stereocenters. The van der Waals surface area contributed by atoms with Crippen molar-refractivity contribution in [3.8, 4) is 0 Å². The summed E-state index contributed by atoms with van der Waals surface area (Å²) in [7, 11) is 0. The van der Waals surface area contributed by atoms with Gasteiger partial charge >= 0.3 is 5.97 Å². The van der Waals surface area contributed by atoms with E-state index in [2.05, 4.69) is 4.98 Å². The van der Waals surface area contributed by atoms with Crippen LogP contribution < -0.4 is 0 Å². The van der Waals surface area contributed by atoms with Crippen molar-refractivity contribution in [2.24, 2.45) is 0 Å². The Morgan fingerprint density at radius 1 is 1.42 bits per heavy atom. The number of rotatable bonds is 4. The van der Waals surface area contributed by atoms with Crippen LogP contribution in [-0.4, -0.2) is 20.3 Å². The van der Waals surface area contributed by atoms with Crippen LogP contribution in [0.25, 0.3) is 5.65 Å². The molecule has 0 saturated heterocycles. The summed E-state index contributed by atoms with van der Waals surface area (Å²) in [5, 5.41) is 10.8. The summed E-state index contributed by atoms with van der Waals surface area (Å²) in [6, 6.07) is 7.60. The molecule has 122 valence electrons. The van der Waals surface area contributed by atoms with Crippen LogP contribution in [0.4, 0.5) is 5.69 Å². The van der Waals surface area contributed by atoms with Gasteiger partial charge in [0.15, 0.2) is 0 Å². The summed E-state index contributed by atoms with van der Waals surface area (Å²) < 4.78 is 7.02. The van der Waals surface area contributed by atoms with Crippen molar-refractivity contribution >= 4 is 28.9 Å². The zero-order valence-corrected chi connectivity index (χ0v) is 13.4. The van der Waals surface area contributed by atoms with Gasteiger partial charge < -0.3 is 9.14 Å². The Morgan fingerprint density at radius 3 is 2.92 bits per heavy atom. The van der Waals surface area contributed by atoms with Gasteiger partial charge in [-0.15, -0.1) is 0 Å². The smallest absolute Gasteiger partial charge is 0.338 e. The van der Waals surface area contributed by atoms with Crippen LogP contribution >= 0.6 is 11.6 Å². The third-order valence-electron chi connectivity index (χ3n) is 3.46. The number of pyridine rings is 1. The summed E-state index contributed by atoms with van der Waals surface area (Å²) in [5.74, 6) is -0.677. The first-order valence-electron chi connectivity index (χ1n) is 7.00. The minimum atomic E-state index is -0.677. The number of fused-ring (bicyclic) bond motifs is 1. The Morgan fingerprint density at radius 2 is 2.21 bits per heavy atom. The third kappa shape index (κ3) is 3.07. The highest BCUT2D eigenvalue weighted by molar-refractivity contribution is 6.32. The molecule has 0 spiro atoms. The summed E-state index contributed by atoms with van der Waals surface area (Å²) in [6.45, 7) is 1.90. The lowest BCUT2D eigenvalue weighted by Gasteiger charge is -2.03. The van der Waals surface area contributed by atoms with Gasteiger partial charge in [-0.3, -0.25) is 10.1 Å². The van der Waals surface area contributed by atoms with Crippen molar-refractivity contribution in [1.82, 2.24) is 9.38 Å². The molecule has 3 rings (SSSR count). The number of carbonyl (C=O) groups excluding carboxylic acids is 1. The Balaban J connectivity index is 1.76. The lowest BCUT2D eigenvalue weighted by molar-refractivity contribution is -0.384. The van der Waals surface area contributed by atoms with Crippen LogP contribution in [0, 0.1) is 17.0 Å². The fourth-order valence-electron chi connectivity index (χ4n) is 2.28. The van der Waals surface area contributed by atoms with Crippen molar-refractivity contribution in [2.75, 3.05) is 0 Å². The van der Waals surface area contributed by atoms with E-state index in [-0.39, 0.29) is 22.9 Å². The lowest BCUT2D eigenvalue weighted by Crippen LogP contribution is -2.06. The average molecular weight is 346 g/mol. The molecule has 0 atom stereocenters. The molecular formula is C16H12ClN3O4. The number of benzene rings is 1. The maximum atomic E-state index is 12.1. The van der Waals surface area contributed by atoms with Gasteiger partial charge in [0.2, 0.25) is 0 Å². The molecule has 2 heterocycles. The van der Waals surface area contributed by atoms with Crippen LogP contribution in [-0.2, 0) is 11.3 Å². The second-order valence-corrected chi connectivity index (χ2v) is 5.56. The second kappa shape index (κ2) is 6.29. The van der Waals surface area contributed by atoms with Gasteiger partial charge in [0.1, 0.15) is 17.3 Å². The fraction of sp³-hybridized carbons (Fsp3) is 0.125. The normalized spacial score (nSPS) is 10.8. The van der Waals surface area contributed by atoms with E-state index in [9.17, 15) is 14.9 Å². The summed E-state index contributed by atoms with van der Waals surface area (Å²) in [5.41, 5.74) is 2.09. The molecule has 7 nitrogen and oxygen atoms in total. The minimum Gasteiger partial charge on any atom is -0.456 e. The summed E-state index contributed by atoms with van der Waals surface area (Å²) in [6.07, 6.45) is 3.61. The molecule has 1 aromatic carbocycles. The van der Waals surface area contributed by atoms with Crippen molar-refractivity contribution in [3.05, 3.63) is 74.7 Å². The number of hydrogen-bond acceptors (Lipinski definition) is 5. The molecule has 0 saturated carbocycles. The van der Waals surface area contributed by atoms with Gasteiger partial charge in [-0.05, 0) is 30.7 Å². The first-order chi connectivity index (χ1) is 11.5. The highest BCUT2D eigenvalue weighted by Crippen LogP contribution is 2.25. The molecule has 0 aliphatic heterocycles. The van der Waals surface area contributed by atoms with Gasteiger partial charge in [0.05, 0.1) is 16.2 Å². The first-order valence-corrected chi connectivity index (χ1v) is 7.38. The van der Waals surface area contributed by atoms with Crippen LogP contribution in [0.3, 0.4) is 0 Å². The van der Waals surface area contributed by atoms with E-state index in [1.807, 2.05) is 29.7 Å². The van der Waals surface area contributed by atoms with Crippen molar-refractivity contribution in [3.63, 3.8) is 0 Å². The van der Waals surface area contributed by atoms with Gasteiger partial charge in [0.25, 0.3) is 5.69 Å². The second-order valence-electron chi connectivity index (χ2n) is 5.15. The Labute approximate surface area is 141 Å². The van der Waals surface area contributed by atoms with Crippen molar-refractivity contribution in [1.29, 1.82) is 0 Å². The van der Waals surface area contributed by atoms with Crippen molar-refractivity contribution in [2.45, 2.75) is 13.5 Å². The molecule has 0 fully saturated rings. The maximum absolute atomic E-state index is 12.1. The standard InChI is InChI=1S/C16H12ClN3O4/c1-10-3-2-6-19-8-12(18-15(10)19)9-24-16(21)11-4-5-13(17)14(7-11)20(22)23/h2-8H,9H2,1H3. The highest BCUT2D eigenvalue weighted by Gasteiger charge is 2.17. The van der Waals surface area contributed by atoms with E-state index in [1.54, 1.807) is 6.20 Å². The lowest BCUT2D eigenvalue weighted by atomic mass is 10.2. The quantitative estimate of drug-likeness (QED) is 0.410.